The largest absolute Gasteiger partial charge is 0.279 e. The van der Waals surface area contributed by atoms with Gasteiger partial charge in [0.25, 0.3) is 15.5 Å². The van der Waals surface area contributed by atoms with E-state index in [-0.39, 0.29) is 9.13 Å². The van der Waals surface area contributed by atoms with Crippen molar-refractivity contribution in [2.45, 2.75) is 11.5 Å². The third-order valence-electron chi connectivity index (χ3n) is 1.35. The number of rotatable bonds is 2. The predicted octanol–water partition coefficient (Wildman–Crippen LogP) is 2.55. The van der Waals surface area contributed by atoms with Gasteiger partial charge in [-0.1, -0.05) is 0 Å². The van der Waals surface area contributed by atoms with E-state index >= 15 is 0 Å². The summed E-state index contributed by atoms with van der Waals surface area (Å²) in [6.07, 6.45) is -1.76. The van der Waals surface area contributed by atoms with Crippen LogP contribution in [-0.4, -0.2) is 13.4 Å². The van der Waals surface area contributed by atoms with E-state index in [1.54, 1.807) is 0 Å². The van der Waals surface area contributed by atoms with E-state index < -0.39 is 20.5 Å². The molecule has 3 nitrogen and oxygen atoms in total. The highest BCUT2D eigenvalue weighted by molar-refractivity contribution is 14.1. The Morgan fingerprint density at radius 2 is 2.07 bits per heavy atom. The maximum absolute atomic E-state index is 12.3. The van der Waals surface area contributed by atoms with Crippen LogP contribution in [0.4, 0.5) is 8.78 Å². The molecule has 14 heavy (non-hydrogen) atoms. The van der Waals surface area contributed by atoms with Crippen molar-refractivity contribution >= 4 is 42.3 Å². The van der Waals surface area contributed by atoms with Crippen molar-refractivity contribution < 1.29 is 17.2 Å². The summed E-state index contributed by atoms with van der Waals surface area (Å²) in [6.45, 7) is 0. The highest BCUT2D eigenvalue weighted by Gasteiger charge is 2.22. The molecular formula is C6H3ClF2INO2S. The van der Waals surface area contributed by atoms with E-state index in [2.05, 4.69) is 4.98 Å². The fraction of sp³-hybridized carbons (Fsp3) is 0.167. The number of halogens is 4. The first-order chi connectivity index (χ1) is 6.34. The Kier molecular flexibility index (Phi) is 3.64. The lowest BCUT2D eigenvalue weighted by molar-refractivity contribution is 0.150. The van der Waals surface area contributed by atoms with Crippen molar-refractivity contribution in [3.63, 3.8) is 0 Å². The van der Waals surface area contributed by atoms with Crippen molar-refractivity contribution in [2.75, 3.05) is 0 Å². The summed E-state index contributed by atoms with van der Waals surface area (Å²) in [5, 5.41) is -0.530. The molecular weight excluding hydrogens is 350 g/mol. The van der Waals surface area contributed by atoms with Crippen LogP contribution >= 0.6 is 33.3 Å². The number of hydrogen-bond acceptors (Lipinski definition) is 3. The van der Waals surface area contributed by atoms with Gasteiger partial charge in [0.1, 0.15) is 0 Å². The van der Waals surface area contributed by atoms with Gasteiger partial charge in [-0.15, -0.1) is 0 Å². The minimum Gasteiger partial charge on any atom is -0.243 e. The molecule has 1 aromatic heterocycles. The summed E-state index contributed by atoms with van der Waals surface area (Å²) >= 11 is 1.48. The molecule has 1 rings (SSSR count). The lowest BCUT2D eigenvalue weighted by Crippen LogP contribution is -2.02. The van der Waals surface area contributed by atoms with E-state index in [9.17, 15) is 17.2 Å². The summed E-state index contributed by atoms with van der Waals surface area (Å²) in [4.78, 5) is 3.43. The first-order valence-electron chi connectivity index (χ1n) is 3.21. The molecule has 0 spiro atoms. The van der Waals surface area contributed by atoms with Gasteiger partial charge in [0, 0.05) is 22.4 Å². The summed E-state index contributed by atoms with van der Waals surface area (Å²) in [7, 11) is 0.931. The normalized spacial score (nSPS) is 12.1. The molecule has 0 saturated carbocycles. The average molecular weight is 354 g/mol. The van der Waals surface area contributed by atoms with E-state index in [1.165, 1.54) is 22.6 Å². The van der Waals surface area contributed by atoms with Gasteiger partial charge in [-0.3, -0.25) is 0 Å². The van der Waals surface area contributed by atoms with E-state index in [0.717, 1.165) is 12.3 Å². The molecule has 0 aromatic carbocycles. The Bertz CT molecular complexity index is 451. The van der Waals surface area contributed by atoms with Gasteiger partial charge in [0.15, 0.2) is 5.03 Å². The van der Waals surface area contributed by atoms with Crippen LogP contribution in [0, 0.1) is 3.57 Å². The second kappa shape index (κ2) is 4.23. The first-order valence-corrected chi connectivity index (χ1v) is 6.60. The topological polar surface area (TPSA) is 47.0 Å². The molecule has 8 heteroatoms. The van der Waals surface area contributed by atoms with Crippen LogP contribution in [-0.2, 0) is 9.05 Å². The lowest BCUT2D eigenvalue weighted by Gasteiger charge is -2.04. The number of hydrogen-bond donors (Lipinski definition) is 0. The Balaban J connectivity index is 3.43. The minimum atomic E-state index is -4.07. The van der Waals surface area contributed by atoms with Crippen LogP contribution < -0.4 is 0 Å². The number of pyridine rings is 1. The highest BCUT2D eigenvalue weighted by atomic mass is 127. The first kappa shape index (κ1) is 12.1. The standard InChI is InChI=1S/C6H3ClF2INO2S/c7-14(12,13)6-4(10)3(5(8)9)1-2-11-6/h1-2,5H. The summed E-state index contributed by atoms with van der Waals surface area (Å²) < 4.78 is 46.3. The smallest absolute Gasteiger partial charge is 0.243 e. The average Bonchev–Trinajstić information content (AvgIpc) is 2.01. The molecule has 0 saturated heterocycles. The molecule has 0 bridgehead atoms. The second-order valence-corrected chi connectivity index (χ2v) is 5.82. The second-order valence-electron chi connectivity index (χ2n) is 2.26. The Hall–Kier alpha value is -0.0200. The fourth-order valence-corrected chi connectivity index (χ4v) is 3.46. The van der Waals surface area contributed by atoms with Crippen LogP contribution in [0.2, 0.25) is 0 Å². The van der Waals surface area contributed by atoms with E-state index in [1.807, 2.05) is 0 Å². The molecule has 1 heterocycles. The van der Waals surface area contributed by atoms with E-state index in [0.29, 0.717) is 0 Å². The van der Waals surface area contributed by atoms with Gasteiger partial charge >= 0.3 is 0 Å². The molecule has 78 valence electrons. The van der Waals surface area contributed by atoms with Gasteiger partial charge < -0.3 is 0 Å². The van der Waals surface area contributed by atoms with Crippen LogP contribution in [0.1, 0.15) is 12.0 Å². The van der Waals surface area contributed by atoms with Crippen LogP contribution in [0.25, 0.3) is 0 Å². The van der Waals surface area contributed by atoms with E-state index in [4.69, 9.17) is 10.7 Å². The molecule has 0 aliphatic rings. The number of nitrogens with zero attached hydrogens (tertiary/aromatic N) is 1. The van der Waals surface area contributed by atoms with Crippen LogP contribution in [0.3, 0.4) is 0 Å². The Labute approximate surface area is 97.0 Å². The maximum atomic E-state index is 12.3. The summed E-state index contributed by atoms with van der Waals surface area (Å²) in [5.74, 6) is 0. The zero-order valence-corrected chi connectivity index (χ0v) is 10.1. The van der Waals surface area contributed by atoms with Crippen molar-refractivity contribution in [1.82, 2.24) is 4.98 Å². The third-order valence-corrected chi connectivity index (χ3v) is 4.06. The molecule has 0 amide bonds. The van der Waals surface area contributed by atoms with Gasteiger partial charge in [0.05, 0.1) is 3.57 Å². The zero-order valence-electron chi connectivity index (χ0n) is 6.42. The molecule has 0 fully saturated rings. The van der Waals surface area contributed by atoms with Crippen molar-refractivity contribution in [3.05, 3.63) is 21.4 Å². The molecule has 1 aromatic rings. The molecule has 0 radical (unpaired) electrons. The SMILES string of the molecule is O=S(=O)(Cl)c1nccc(C(F)F)c1I. The van der Waals surface area contributed by atoms with Gasteiger partial charge in [-0.25, -0.2) is 22.2 Å². The Morgan fingerprint density at radius 1 is 1.50 bits per heavy atom. The van der Waals surface area contributed by atoms with Crippen LogP contribution in [0.15, 0.2) is 17.3 Å². The fourth-order valence-electron chi connectivity index (χ4n) is 0.777. The van der Waals surface area contributed by atoms with Crippen molar-refractivity contribution in [1.29, 1.82) is 0 Å². The zero-order chi connectivity index (χ0) is 10.9. The van der Waals surface area contributed by atoms with Gasteiger partial charge in [-0.2, -0.15) is 0 Å². The van der Waals surface area contributed by atoms with Crippen molar-refractivity contribution in [2.24, 2.45) is 0 Å². The molecule has 0 atom stereocenters. The van der Waals surface area contributed by atoms with Gasteiger partial charge in [0.2, 0.25) is 0 Å². The minimum absolute atomic E-state index is 0.143. The third kappa shape index (κ3) is 2.51. The number of aromatic nitrogens is 1. The summed E-state index contributed by atoms with van der Waals surface area (Å²) in [5.41, 5.74) is -0.389. The molecule has 0 aliphatic carbocycles. The molecule has 0 aliphatic heterocycles. The molecule has 0 unspecified atom stereocenters. The maximum Gasteiger partial charge on any atom is 0.279 e. The van der Waals surface area contributed by atoms with Gasteiger partial charge in [-0.05, 0) is 28.7 Å². The monoisotopic (exact) mass is 353 g/mol. The quantitative estimate of drug-likeness (QED) is 0.606. The predicted molar refractivity (Wildman–Crippen MR) is 54.9 cm³/mol. The highest BCUT2D eigenvalue weighted by Crippen LogP contribution is 2.28. The Morgan fingerprint density at radius 3 is 2.50 bits per heavy atom. The summed E-state index contributed by atoms with van der Waals surface area (Å²) in [6, 6.07) is 1.05. The van der Waals surface area contributed by atoms with Crippen molar-refractivity contribution in [3.8, 4) is 0 Å². The number of alkyl halides is 2. The van der Waals surface area contributed by atoms with Crippen LogP contribution in [0.5, 0.6) is 0 Å². The molecule has 0 N–H and O–H groups in total. The lowest BCUT2D eigenvalue weighted by atomic mass is 10.3.